The standard InChI is InChI=1S/C20H23F3N6O2/c1-14-12-17(27-8-10-31-11-9-27)26-19(25-14)29-6-4-28(5-7-29)18(30)15-2-3-16(24-13-15)20(21,22)23/h2-3,12-13H,4-11H2,1H3. The molecule has 2 aromatic heterocycles. The third kappa shape index (κ3) is 4.87. The van der Waals surface area contributed by atoms with E-state index in [0.29, 0.717) is 45.3 Å². The van der Waals surface area contributed by atoms with Gasteiger partial charge in [-0.1, -0.05) is 0 Å². The highest BCUT2D eigenvalue weighted by Gasteiger charge is 2.32. The molecule has 2 aromatic rings. The van der Waals surface area contributed by atoms with E-state index in [0.717, 1.165) is 36.9 Å². The zero-order chi connectivity index (χ0) is 22.0. The van der Waals surface area contributed by atoms with Crippen molar-refractivity contribution in [2.45, 2.75) is 13.1 Å². The number of amides is 1. The highest BCUT2D eigenvalue weighted by atomic mass is 19.4. The highest BCUT2D eigenvalue weighted by molar-refractivity contribution is 5.94. The number of carbonyl (C=O) groups excluding carboxylic acids is 1. The molecule has 0 saturated carbocycles. The lowest BCUT2D eigenvalue weighted by atomic mass is 10.2. The number of ether oxygens (including phenoxy) is 1. The van der Waals surface area contributed by atoms with Crippen LogP contribution in [0.2, 0.25) is 0 Å². The lowest BCUT2D eigenvalue weighted by Crippen LogP contribution is -2.49. The first-order chi connectivity index (χ1) is 14.8. The van der Waals surface area contributed by atoms with Crippen LogP contribution in [0.25, 0.3) is 0 Å². The first-order valence-electron chi connectivity index (χ1n) is 10.1. The van der Waals surface area contributed by atoms with Gasteiger partial charge < -0.3 is 19.4 Å². The number of pyridine rings is 1. The number of piperazine rings is 1. The predicted molar refractivity (Wildman–Crippen MR) is 107 cm³/mol. The van der Waals surface area contributed by atoms with E-state index < -0.39 is 11.9 Å². The van der Waals surface area contributed by atoms with Gasteiger partial charge in [0, 0.05) is 57.2 Å². The normalized spacial score (nSPS) is 17.7. The second-order valence-electron chi connectivity index (χ2n) is 7.48. The molecule has 2 aliphatic heterocycles. The lowest BCUT2D eigenvalue weighted by Gasteiger charge is -2.35. The Hall–Kier alpha value is -2.95. The Balaban J connectivity index is 1.40. The minimum Gasteiger partial charge on any atom is -0.378 e. The first-order valence-corrected chi connectivity index (χ1v) is 10.1. The van der Waals surface area contributed by atoms with Gasteiger partial charge in [0.25, 0.3) is 5.91 Å². The fourth-order valence-electron chi connectivity index (χ4n) is 3.61. The van der Waals surface area contributed by atoms with Crippen molar-refractivity contribution in [2.75, 3.05) is 62.3 Å². The Morgan fingerprint density at radius 1 is 1.00 bits per heavy atom. The zero-order valence-electron chi connectivity index (χ0n) is 17.1. The van der Waals surface area contributed by atoms with Crippen molar-refractivity contribution in [3.8, 4) is 0 Å². The highest BCUT2D eigenvalue weighted by Crippen LogP contribution is 2.27. The summed E-state index contributed by atoms with van der Waals surface area (Å²) in [5.41, 5.74) is -0.00905. The molecule has 166 valence electrons. The van der Waals surface area contributed by atoms with Crippen LogP contribution in [-0.2, 0) is 10.9 Å². The van der Waals surface area contributed by atoms with Crippen molar-refractivity contribution in [1.82, 2.24) is 19.9 Å². The average Bonchev–Trinajstić information content (AvgIpc) is 2.78. The van der Waals surface area contributed by atoms with E-state index >= 15 is 0 Å². The van der Waals surface area contributed by atoms with E-state index in [9.17, 15) is 18.0 Å². The number of hydrogen-bond acceptors (Lipinski definition) is 7. The molecule has 0 aromatic carbocycles. The molecule has 0 radical (unpaired) electrons. The molecule has 0 N–H and O–H groups in total. The molecule has 0 spiro atoms. The van der Waals surface area contributed by atoms with Gasteiger partial charge in [0.1, 0.15) is 11.5 Å². The minimum atomic E-state index is -4.53. The number of morpholine rings is 1. The Morgan fingerprint density at radius 2 is 1.71 bits per heavy atom. The van der Waals surface area contributed by atoms with Gasteiger partial charge in [0.15, 0.2) is 0 Å². The fraction of sp³-hybridized carbons (Fsp3) is 0.500. The summed E-state index contributed by atoms with van der Waals surface area (Å²) < 4.78 is 43.4. The predicted octanol–water partition coefficient (Wildman–Crippen LogP) is 2.00. The van der Waals surface area contributed by atoms with Crippen molar-refractivity contribution < 1.29 is 22.7 Å². The summed E-state index contributed by atoms with van der Waals surface area (Å²) >= 11 is 0. The smallest absolute Gasteiger partial charge is 0.378 e. The second-order valence-corrected chi connectivity index (χ2v) is 7.48. The van der Waals surface area contributed by atoms with E-state index in [-0.39, 0.29) is 11.5 Å². The molecular weight excluding hydrogens is 413 g/mol. The summed E-state index contributed by atoms with van der Waals surface area (Å²) in [6.45, 7) is 6.72. The largest absolute Gasteiger partial charge is 0.433 e. The molecule has 2 aliphatic rings. The SMILES string of the molecule is Cc1cc(N2CCOCC2)nc(N2CCN(C(=O)c3ccc(C(F)(F)F)nc3)CC2)n1. The monoisotopic (exact) mass is 436 g/mol. The van der Waals surface area contributed by atoms with Gasteiger partial charge in [0.05, 0.1) is 18.8 Å². The molecule has 1 amide bonds. The van der Waals surface area contributed by atoms with Crippen LogP contribution in [0.1, 0.15) is 21.7 Å². The van der Waals surface area contributed by atoms with Crippen LogP contribution in [0.5, 0.6) is 0 Å². The van der Waals surface area contributed by atoms with Crippen molar-refractivity contribution in [2.24, 2.45) is 0 Å². The maximum absolute atomic E-state index is 12.7. The van der Waals surface area contributed by atoms with E-state index in [2.05, 4.69) is 14.9 Å². The summed E-state index contributed by atoms with van der Waals surface area (Å²) in [6.07, 6.45) is -3.54. The van der Waals surface area contributed by atoms with E-state index in [1.807, 2.05) is 17.9 Å². The van der Waals surface area contributed by atoms with Crippen LogP contribution in [0, 0.1) is 6.92 Å². The van der Waals surface area contributed by atoms with E-state index in [1.165, 1.54) is 6.07 Å². The number of carbonyl (C=O) groups is 1. The molecule has 0 atom stereocenters. The Morgan fingerprint density at radius 3 is 2.32 bits per heavy atom. The van der Waals surface area contributed by atoms with Crippen LogP contribution in [0.4, 0.5) is 24.9 Å². The molecule has 4 heterocycles. The summed E-state index contributed by atoms with van der Waals surface area (Å²) in [5, 5.41) is 0. The van der Waals surface area contributed by atoms with Crippen LogP contribution < -0.4 is 9.80 Å². The summed E-state index contributed by atoms with van der Waals surface area (Å²) in [6, 6.07) is 3.95. The quantitative estimate of drug-likeness (QED) is 0.729. The molecule has 11 heteroatoms. The van der Waals surface area contributed by atoms with Gasteiger partial charge in [0.2, 0.25) is 5.95 Å². The van der Waals surface area contributed by atoms with Crippen LogP contribution in [0.15, 0.2) is 24.4 Å². The molecule has 4 rings (SSSR count). The molecule has 0 unspecified atom stereocenters. The molecule has 0 bridgehead atoms. The number of rotatable bonds is 3. The number of halogens is 3. The Kier molecular flexibility index (Phi) is 5.94. The number of nitrogens with zero attached hydrogens (tertiary/aromatic N) is 6. The molecule has 0 aliphatic carbocycles. The zero-order valence-corrected chi connectivity index (χ0v) is 17.1. The molecule has 31 heavy (non-hydrogen) atoms. The number of anilines is 2. The number of aryl methyl sites for hydroxylation is 1. The summed E-state index contributed by atoms with van der Waals surface area (Å²) in [7, 11) is 0. The van der Waals surface area contributed by atoms with E-state index in [4.69, 9.17) is 9.72 Å². The maximum atomic E-state index is 12.7. The van der Waals surface area contributed by atoms with Crippen LogP contribution in [-0.4, -0.2) is 78.2 Å². The fourth-order valence-corrected chi connectivity index (χ4v) is 3.61. The third-order valence-electron chi connectivity index (χ3n) is 5.31. The number of hydrogen-bond donors (Lipinski definition) is 0. The molecule has 2 fully saturated rings. The summed E-state index contributed by atoms with van der Waals surface area (Å²) in [5.74, 6) is 1.14. The van der Waals surface area contributed by atoms with Crippen LogP contribution >= 0.6 is 0 Å². The molecule has 8 nitrogen and oxygen atoms in total. The van der Waals surface area contributed by atoms with Crippen molar-refractivity contribution in [3.05, 3.63) is 41.3 Å². The number of alkyl halides is 3. The topological polar surface area (TPSA) is 74.7 Å². The van der Waals surface area contributed by atoms with Gasteiger partial charge in [-0.15, -0.1) is 0 Å². The van der Waals surface area contributed by atoms with Gasteiger partial charge in [-0.05, 0) is 19.1 Å². The Labute approximate surface area is 177 Å². The molecule has 2 saturated heterocycles. The minimum absolute atomic E-state index is 0.142. The van der Waals surface area contributed by atoms with Crippen LogP contribution in [0.3, 0.4) is 0 Å². The van der Waals surface area contributed by atoms with Crippen molar-refractivity contribution in [3.63, 3.8) is 0 Å². The second kappa shape index (κ2) is 8.66. The van der Waals surface area contributed by atoms with Gasteiger partial charge >= 0.3 is 6.18 Å². The maximum Gasteiger partial charge on any atom is 0.433 e. The lowest BCUT2D eigenvalue weighted by molar-refractivity contribution is -0.141. The Bertz CT molecular complexity index is 924. The summed E-state index contributed by atoms with van der Waals surface area (Å²) in [4.78, 5) is 31.1. The van der Waals surface area contributed by atoms with Gasteiger partial charge in [-0.25, -0.2) is 4.98 Å². The van der Waals surface area contributed by atoms with Crippen molar-refractivity contribution >= 4 is 17.7 Å². The average molecular weight is 436 g/mol. The number of aromatic nitrogens is 3. The van der Waals surface area contributed by atoms with E-state index in [1.54, 1.807) is 4.90 Å². The first kappa shape index (κ1) is 21.3. The van der Waals surface area contributed by atoms with Crippen molar-refractivity contribution in [1.29, 1.82) is 0 Å². The van der Waals surface area contributed by atoms with Gasteiger partial charge in [-0.2, -0.15) is 18.2 Å². The third-order valence-corrected chi connectivity index (χ3v) is 5.31. The van der Waals surface area contributed by atoms with Gasteiger partial charge in [-0.3, -0.25) is 9.78 Å². The molecular formula is C20H23F3N6O2.